The molecule has 0 unspecified atom stereocenters. The van der Waals surface area contributed by atoms with Gasteiger partial charge < -0.3 is 13.9 Å². The van der Waals surface area contributed by atoms with E-state index in [2.05, 4.69) is 46.3 Å². The molecule has 0 atom stereocenters. The Hall–Kier alpha value is -1.67. The number of halogens is 2. The molecule has 21 heavy (non-hydrogen) atoms. The quantitative estimate of drug-likeness (QED) is 0.710. The molecule has 0 aliphatic heterocycles. The number of hydrogen-bond acceptors (Lipinski definition) is 6. The summed E-state index contributed by atoms with van der Waals surface area (Å²) < 4.78 is 16.1. The molecule has 0 aliphatic rings. The number of benzene rings is 1. The van der Waals surface area contributed by atoms with Gasteiger partial charge in [0.2, 0.25) is 17.3 Å². The minimum absolute atomic E-state index is 0.109. The zero-order valence-electron chi connectivity index (χ0n) is 11.0. The molecule has 0 N–H and O–H groups in total. The average molecular weight is 419 g/mol. The third-order valence-electron chi connectivity index (χ3n) is 2.49. The molecule has 0 spiro atoms. The predicted molar refractivity (Wildman–Crippen MR) is 80.0 cm³/mol. The lowest BCUT2D eigenvalue weighted by atomic mass is 10.2. The van der Waals surface area contributed by atoms with Crippen LogP contribution in [0.1, 0.15) is 21.0 Å². The molecule has 8 heteroatoms. The maximum Gasteiger partial charge on any atom is 0.376 e. The second-order valence-electron chi connectivity index (χ2n) is 3.84. The fraction of sp³-hybridized carbons (Fsp3) is 0.154. The summed E-state index contributed by atoms with van der Waals surface area (Å²) in [5.41, 5.74) is 0.354. The summed E-state index contributed by atoms with van der Waals surface area (Å²) in [7, 11) is 2.37. The molecule has 0 bridgehead atoms. The largest absolute Gasteiger partial charge is 0.464 e. The van der Waals surface area contributed by atoms with Gasteiger partial charge in [0, 0.05) is 14.5 Å². The number of rotatable bonds is 3. The van der Waals surface area contributed by atoms with E-state index < -0.39 is 11.9 Å². The fourth-order valence-corrected chi connectivity index (χ4v) is 2.88. The molecule has 2 aromatic rings. The van der Waals surface area contributed by atoms with E-state index in [9.17, 15) is 9.59 Å². The minimum atomic E-state index is -0.803. The summed E-state index contributed by atoms with van der Waals surface area (Å²) in [6.07, 6.45) is 0. The van der Waals surface area contributed by atoms with Crippen molar-refractivity contribution >= 4 is 43.8 Å². The highest BCUT2D eigenvalue weighted by molar-refractivity contribution is 9.11. The van der Waals surface area contributed by atoms with Crippen LogP contribution in [-0.2, 0) is 9.47 Å². The smallest absolute Gasteiger partial charge is 0.376 e. The normalized spacial score (nSPS) is 10.3. The second-order valence-corrected chi connectivity index (χ2v) is 5.67. The van der Waals surface area contributed by atoms with Gasteiger partial charge in [0.05, 0.1) is 14.2 Å². The summed E-state index contributed by atoms with van der Waals surface area (Å²) in [5, 5.41) is 0. The molecule has 0 amide bonds. The number of nitrogens with zero attached hydrogens (tertiary/aromatic N) is 1. The molecule has 1 aromatic heterocycles. The lowest BCUT2D eigenvalue weighted by Gasteiger charge is -1.98. The summed E-state index contributed by atoms with van der Waals surface area (Å²) in [4.78, 5) is 27.3. The first-order chi connectivity index (χ1) is 9.96. The molecule has 2 rings (SSSR count). The Balaban J connectivity index is 2.57. The van der Waals surface area contributed by atoms with Crippen molar-refractivity contribution in [3.63, 3.8) is 0 Å². The van der Waals surface area contributed by atoms with E-state index in [-0.39, 0.29) is 17.3 Å². The molecule has 1 heterocycles. The Kier molecular flexibility index (Phi) is 4.79. The molecule has 0 fully saturated rings. The number of carbonyl (C=O) groups is 2. The number of aromatic nitrogens is 1. The Bertz CT molecular complexity index is 657. The van der Waals surface area contributed by atoms with Crippen LogP contribution in [0.5, 0.6) is 0 Å². The number of ether oxygens (including phenoxy) is 2. The number of carbonyl (C=O) groups excluding carboxylic acids is 2. The van der Waals surface area contributed by atoms with Crippen LogP contribution in [0.3, 0.4) is 0 Å². The van der Waals surface area contributed by atoms with Crippen molar-refractivity contribution in [3.8, 4) is 11.5 Å². The van der Waals surface area contributed by atoms with Gasteiger partial charge in [-0.1, -0.05) is 31.9 Å². The van der Waals surface area contributed by atoms with Crippen molar-refractivity contribution < 1.29 is 23.5 Å². The molecule has 0 aliphatic carbocycles. The molecule has 110 valence electrons. The van der Waals surface area contributed by atoms with Gasteiger partial charge in [-0.15, -0.1) is 0 Å². The monoisotopic (exact) mass is 417 g/mol. The number of hydrogen-bond donors (Lipinski definition) is 0. The Morgan fingerprint density at radius 3 is 2.14 bits per heavy atom. The highest BCUT2D eigenvalue weighted by Gasteiger charge is 2.27. The lowest BCUT2D eigenvalue weighted by molar-refractivity contribution is 0.0527. The van der Waals surface area contributed by atoms with Crippen LogP contribution in [0.15, 0.2) is 31.6 Å². The standard InChI is InChI=1S/C13H9Br2NO5/c1-19-12(17)9-10(13(18)20-2)21-11(16-9)6-3-7(14)5-8(15)4-6/h3-5H,1-2H3. The first-order valence-corrected chi connectivity index (χ1v) is 7.18. The van der Waals surface area contributed by atoms with Gasteiger partial charge in [0.1, 0.15) is 0 Å². The van der Waals surface area contributed by atoms with Crippen molar-refractivity contribution in [2.24, 2.45) is 0 Å². The molecule has 0 radical (unpaired) electrons. The van der Waals surface area contributed by atoms with Gasteiger partial charge >= 0.3 is 11.9 Å². The molecule has 0 saturated carbocycles. The third kappa shape index (κ3) is 3.33. The maximum absolute atomic E-state index is 11.7. The fourth-order valence-electron chi connectivity index (χ4n) is 1.59. The van der Waals surface area contributed by atoms with E-state index in [0.29, 0.717) is 5.56 Å². The number of methoxy groups -OCH3 is 2. The van der Waals surface area contributed by atoms with Gasteiger partial charge in [-0.3, -0.25) is 0 Å². The van der Waals surface area contributed by atoms with E-state index in [0.717, 1.165) is 8.95 Å². The molecule has 6 nitrogen and oxygen atoms in total. The Labute approximate surface area is 136 Å². The van der Waals surface area contributed by atoms with Crippen molar-refractivity contribution in [2.45, 2.75) is 0 Å². The second kappa shape index (κ2) is 6.40. The first kappa shape index (κ1) is 15.7. The zero-order valence-corrected chi connectivity index (χ0v) is 14.1. The minimum Gasteiger partial charge on any atom is -0.464 e. The van der Waals surface area contributed by atoms with Gasteiger partial charge in [-0.05, 0) is 18.2 Å². The van der Waals surface area contributed by atoms with Crippen molar-refractivity contribution in [1.29, 1.82) is 0 Å². The summed E-state index contributed by atoms with van der Waals surface area (Å²) in [5.74, 6) is -1.77. The first-order valence-electron chi connectivity index (χ1n) is 5.60. The number of esters is 2. The van der Waals surface area contributed by atoms with Crippen molar-refractivity contribution in [1.82, 2.24) is 4.98 Å². The maximum atomic E-state index is 11.7. The van der Waals surface area contributed by atoms with Crippen LogP contribution in [0.4, 0.5) is 0 Å². The lowest BCUT2D eigenvalue weighted by Crippen LogP contribution is -2.10. The van der Waals surface area contributed by atoms with Gasteiger partial charge in [0.25, 0.3) is 0 Å². The summed E-state index contributed by atoms with van der Waals surface area (Å²) in [6, 6.07) is 5.30. The van der Waals surface area contributed by atoms with Crippen LogP contribution in [0.25, 0.3) is 11.5 Å². The average Bonchev–Trinajstić information content (AvgIpc) is 2.89. The summed E-state index contributed by atoms with van der Waals surface area (Å²) in [6.45, 7) is 0. The Morgan fingerprint density at radius 2 is 1.62 bits per heavy atom. The van der Waals surface area contributed by atoms with Gasteiger partial charge in [0.15, 0.2) is 0 Å². The molecular formula is C13H9Br2NO5. The van der Waals surface area contributed by atoms with Gasteiger partial charge in [-0.25, -0.2) is 14.6 Å². The highest BCUT2D eigenvalue weighted by atomic mass is 79.9. The van der Waals surface area contributed by atoms with Crippen LogP contribution < -0.4 is 0 Å². The van der Waals surface area contributed by atoms with E-state index in [1.807, 2.05) is 6.07 Å². The Morgan fingerprint density at radius 1 is 1.05 bits per heavy atom. The SMILES string of the molecule is COC(=O)c1nc(-c2cc(Br)cc(Br)c2)oc1C(=O)OC. The van der Waals surface area contributed by atoms with E-state index in [1.54, 1.807) is 12.1 Å². The zero-order chi connectivity index (χ0) is 15.6. The van der Waals surface area contributed by atoms with E-state index >= 15 is 0 Å². The van der Waals surface area contributed by atoms with Crippen molar-refractivity contribution in [3.05, 3.63) is 38.6 Å². The van der Waals surface area contributed by atoms with E-state index in [4.69, 9.17) is 4.42 Å². The third-order valence-corrected chi connectivity index (χ3v) is 3.40. The van der Waals surface area contributed by atoms with E-state index in [1.165, 1.54) is 14.2 Å². The summed E-state index contributed by atoms with van der Waals surface area (Å²) >= 11 is 6.68. The van der Waals surface area contributed by atoms with Crippen LogP contribution in [-0.4, -0.2) is 31.1 Å². The van der Waals surface area contributed by atoms with Gasteiger partial charge in [-0.2, -0.15) is 0 Å². The predicted octanol–water partition coefficient (Wildman–Crippen LogP) is 3.44. The van der Waals surface area contributed by atoms with Crippen LogP contribution >= 0.6 is 31.9 Å². The molecule has 1 aromatic carbocycles. The van der Waals surface area contributed by atoms with Crippen molar-refractivity contribution in [2.75, 3.05) is 14.2 Å². The number of oxazole rings is 1. The molecular weight excluding hydrogens is 410 g/mol. The van der Waals surface area contributed by atoms with Crippen LogP contribution in [0, 0.1) is 0 Å². The topological polar surface area (TPSA) is 78.6 Å². The molecule has 0 saturated heterocycles. The van der Waals surface area contributed by atoms with Crippen LogP contribution in [0.2, 0.25) is 0 Å². The highest BCUT2D eigenvalue weighted by Crippen LogP contribution is 2.29.